The molecule has 28 heavy (non-hydrogen) atoms. The van der Waals surface area contributed by atoms with Crippen molar-refractivity contribution in [3.05, 3.63) is 48.5 Å². The number of amides is 2. The Morgan fingerprint density at radius 3 is 2.07 bits per heavy atom. The van der Waals surface area contributed by atoms with Crippen LogP contribution >= 0.6 is 0 Å². The molecule has 0 spiro atoms. The van der Waals surface area contributed by atoms with Gasteiger partial charge in [0.05, 0.1) is 7.11 Å². The molecule has 2 rings (SSSR count). The predicted molar refractivity (Wildman–Crippen MR) is 106 cm³/mol. The highest BCUT2D eigenvalue weighted by molar-refractivity contribution is 7.93. The maximum absolute atomic E-state index is 12.6. The van der Waals surface area contributed by atoms with Crippen molar-refractivity contribution in [1.82, 2.24) is 0 Å². The molecule has 0 aliphatic carbocycles. The summed E-state index contributed by atoms with van der Waals surface area (Å²) in [5, 5.41) is 12.9. The number of ether oxygens (including phenoxy) is 1. The van der Waals surface area contributed by atoms with Gasteiger partial charge in [-0.25, -0.2) is 8.42 Å². The molecule has 0 bridgehead atoms. The molecule has 1 unspecified atom stereocenters. The van der Waals surface area contributed by atoms with Gasteiger partial charge in [-0.15, -0.1) is 0 Å². The van der Waals surface area contributed by atoms with E-state index in [1.165, 1.54) is 31.4 Å². The molecule has 0 aliphatic rings. The number of phenolic OH excluding ortho intramolecular Hbond substituents is 1. The van der Waals surface area contributed by atoms with Gasteiger partial charge >= 0.3 is 0 Å². The molecule has 2 aromatic rings. The summed E-state index contributed by atoms with van der Waals surface area (Å²) in [4.78, 5) is 24.5. The van der Waals surface area contributed by atoms with Crippen LogP contribution in [0.3, 0.4) is 0 Å². The lowest BCUT2D eigenvalue weighted by molar-refractivity contribution is -0.115. The molecule has 3 N–H and O–H groups in total. The number of rotatable bonds is 8. The van der Waals surface area contributed by atoms with E-state index in [2.05, 4.69) is 10.6 Å². The molecule has 0 saturated carbocycles. The molecule has 0 fully saturated rings. The summed E-state index contributed by atoms with van der Waals surface area (Å²) < 4.78 is 30.1. The van der Waals surface area contributed by atoms with E-state index in [1.54, 1.807) is 31.2 Å². The van der Waals surface area contributed by atoms with Crippen LogP contribution in [0.15, 0.2) is 48.5 Å². The van der Waals surface area contributed by atoms with Crippen molar-refractivity contribution in [1.29, 1.82) is 0 Å². The molecule has 1 atom stereocenters. The maximum Gasteiger partial charge on any atom is 0.242 e. The number of anilines is 2. The molecule has 0 aromatic heterocycles. The summed E-state index contributed by atoms with van der Waals surface area (Å²) in [6.45, 7) is 1.56. The van der Waals surface area contributed by atoms with Crippen LogP contribution in [-0.4, -0.2) is 43.5 Å². The number of aromatic hydroxyl groups is 1. The number of hydrogen-bond acceptors (Lipinski definition) is 6. The summed E-state index contributed by atoms with van der Waals surface area (Å²) in [6, 6.07) is 12.1. The van der Waals surface area contributed by atoms with Crippen molar-refractivity contribution in [3.63, 3.8) is 0 Å². The number of carbonyl (C=O) groups excluding carboxylic acids is 2. The fraction of sp³-hybridized carbons (Fsp3) is 0.263. The molecule has 8 nitrogen and oxygen atoms in total. The third-order valence-corrected chi connectivity index (χ3v) is 6.02. The molecule has 2 amide bonds. The van der Waals surface area contributed by atoms with Gasteiger partial charge in [0.1, 0.15) is 22.5 Å². The number of nitrogens with one attached hydrogen (secondary N) is 2. The second-order valence-corrected chi connectivity index (χ2v) is 8.20. The highest BCUT2D eigenvalue weighted by Gasteiger charge is 2.33. The summed E-state index contributed by atoms with van der Waals surface area (Å²) >= 11 is 0. The minimum absolute atomic E-state index is 0.0159. The number of carbonyl (C=O) groups is 2. The van der Waals surface area contributed by atoms with Crippen LogP contribution in [0.5, 0.6) is 11.5 Å². The minimum Gasteiger partial charge on any atom is -0.508 e. The van der Waals surface area contributed by atoms with Crippen molar-refractivity contribution in [2.45, 2.75) is 18.6 Å². The first-order chi connectivity index (χ1) is 13.2. The summed E-state index contributed by atoms with van der Waals surface area (Å²) in [6.07, 6.45) is 0.0159. The lowest BCUT2D eigenvalue weighted by atomic mass is 10.2. The van der Waals surface area contributed by atoms with Gasteiger partial charge in [0.2, 0.25) is 11.8 Å². The standard InChI is InChI=1S/C19H22N2O6S/c1-3-17(19(24)21-14-4-8-15(22)9-5-14)28(25,26)12-18(23)20-13-6-10-16(27-2)11-7-13/h4-11,17,22H,3,12H2,1-2H3,(H,20,23)(H,21,24). The average molecular weight is 406 g/mol. The van der Waals surface area contributed by atoms with Gasteiger partial charge in [-0.3, -0.25) is 9.59 Å². The molecule has 0 aliphatic heterocycles. The number of sulfone groups is 1. The Hall–Kier alpha value is -3.07. The van der Waals surface area contributed by atoms with E-state index in [4.69, 9.17) is 4.74 Å². The lowest BCUT2D eigenvalue weighted by Crippen LogP contribution is -2.39. The largest absolute Gasteiger partial charge is 0.508 e. The number of hydrogen-bond donors (Lipinski definition) is 3. The van der Waals surface area contributed by atoms with Gasteiger partial charge in [-0.05, 0) is 55.0 Å². The fourth-order valence-corrected chi connectivity index (χ4v) is 4.06. The number of phenols is 1. The number of benzene rings is 2. The third-order valence-electron chi connectivity index (χ3n) is 3.94. The predicted octanol–water partition coefficient (Wildman–Crippen LogP) is 2.17. The zero-order chi connectivity index (χ0) is 20.7. The first-order valence-electron chi connectivity index (χ1n) is 8.50. The van der Waals surface area contributed by atoms with Gasteiger partial charge in [0, 0.05) is 11.4 Å². The van der Waals surface area contributed by atoms with E-state index in [9.17, 15) is 23.1 Å². The summed E-state index contributed by atoms with van der Waals surface area (Å²) in [7, 11) is -2.52. The SMILES string of the molecule is CCC(C(=O)Nc1ccc(O)cc1)S(=O)(=O)CC(=O)Nc1ccc(OC)cc1. The second kappa shape index (κ2) is 9.23. The van der Waals surface area contributed by atoms with E-state index >= 15 is 0 Å². The number of methoxy groups -OCH3 is 1. The first-order valence-corrected chi connectivity index (χ1v) is 10.2. The monoisotopic (exact) mass is 406 g/mol. The quantitative estimate of drug-likeness (QED) is 0.578. The summed E-state index contributed by atoms with van der Waals surface area (Å²) in [5.74, 6) is -1.66. The zero-order valence-corrected chi connectivity index (χ0v) is 16.3. The van der Waals surface area contributed by atoms with Gasteiger partial charge in [0.25, 0.3) is 0 Å². The van der Waals surface area contributed by atoms with E-state index < -0.39 is 32.7 Å². The Kier molecular flexibility index (Phi) is 7.00. The molecule has 150 valence electrons. The van der Waals surface area contributed by atoms with E-state index in [0.29, 0.717) is 17.1 Å². The Morgan fingerprint density at radius 2 is 1.54 bits per heavy atom. The van der Waals surface area contributed by atoms with Crippen LogP contribution in [0.25, 0.3) is 0 Å². The van der Waals surface area contributed by atoms with Gasteiger partial charge in [-0.1, -0.05) is 6.92 Å². The molecule has 2 aromatic carbocycles. The van der Waals surface area contributed by atoms with Crippen molar-refractivity contribution in [2.24, 2.45) is 0 Å². The highest BCUT2D eigenvalue weighted by atomic mass is 32.2. The minimum atomic E-state index is -4.03. The van der Waals surface area contributed by atoms with Crippen molar-refractivity contribution >= 4 is 33.0 Å². The lowest BCUT2D eigenvalue weighted by Gasteiger charge is -2.16. The molecule has 0 saturated heterocycles. The third kappa shape index (κ3) is 5.71. The van der Waals surface area contributed by atoms with Crippen LogP contribution in [-0.2, 0) is 19.4 Å². The van der Waals surface area contributed by atoms with E-state index in [1.807, 2.05) is 0 Å². The first kappa shape index (κ1) is 21.2. The summed E-state index contributed by atoms with van der Waals surface area (Å²) in [5.41, 5.74) is 0.765. The molecular weight excluding hydrogens is 384 g/mol. The molecule has 0 heterocycles. The normalized spacial score (nSPS) is 12.1. The van der Waals surface area contributed by atoms with Crippen LogP contribution in [0.2, 0.25) is 0 Å². The Labute approximate surface area is 163 Å². The molecule has 0 radical (unpaired) electrons. The Balaban J connectivity index is 2.03. The molecule has 9 heteroatoms. The average Bonchev–Trinajstić information content (AvgIpc) is 2.64. The van der Waals surface area contributed by atoms with Crippen LogP contribution < -0.4 is 15.4 Å². The zero-order valence-electron chi connectivity index (χ0n) is 15.5. The van der Waals surface area contributed by atoms with Crippen molar-refractivity contribution in [3.8, 4) is 11.5 Å². The van der Waals surface area contributed by atoms with Crippen LogP contribution in [0.1, 0.15) is 13.3 Å². The maximum atomic E-state index is 12.6. The fourth-order valence-electron chi connectivity index (χ4n) is 2.52. The van der Waals surface area contributed by atoms with E-state index in [-0.39, 0.29) is 12.2 Å². The Bertz CT molecular complexity index is 924. The smallest absolute Gasteiger partial charge is 0.242 e. The van der Waals surface area contributed by atoms with Crippen molar-refractivity contribution < 1.29 is 27.9 Å². The highest BCUT2D eigenvalue weighted by Crippen LogP contribution is 2.18. The van der Waals surface area contributed by atoms with Gasteiger partial charge in [-0.2, -0.15) is 0 Å². The van der Waals surface area contributed by atoms with Crippen LogP contribution in [0.4, 0.5) is 11.4 Å². The second-order valence-electron chi connectivity index (χ2n) is 6.02. The van der Waals surface area contributed by atoms with Gasteiger partial charge in [0.15, 0.2) is 9.84 Å². The van der Waals surface area contributed by atoms with Crippen molar-refractivity contribution in [2.75, 3.05) is 23.5 Å². The van der Waals surface area contributed by atoms with E-state index in [0.717, 1.165) is 0 Å². The van der Waals surface area contributed by atoms with Crippen LogP contribution in [0, 0.1) is 0 Å². The Morgan fingerprint density at radius 1 is 1.00 bits per heavy atom. The van der Waals surface area contributed by atoms with Gasteiger partial charge < -0.3 is 20.5 Å². The topological polar surface area (TPSA) is 122 Å². The molecular formula is C19H22N2O6S.